The molecule has 3 rings (SSSR count). The number of amides is 2. The number of hydrogen-bond acceptors (Lipinski definition) is 3. The fraction of sp³-hybridized carbons (Fsp3) is 0.381. The number of piperazine rings is 1. The molecule has 0 aromatic heterocycles. The van der Waals surface area contributed by atoms with Crippen molar-refractivity contribution in [3.05, 3.63) is 58.6 Å². The lowest BCUT2D eigenvalue weighted by Gasteiger charge is -2.36. The molecule has 5 nitrogen and oxygen atoms in total. The average molecular weight is 387 g/mol. The van der Waals surface area contributed by atoms with Gasteiger partial charge in [0.25, 0.3) is 0 Å². The Labute approximate surface area is 166 Å². The predicted molar refractivity (Wildman–Crippen MR) is 113 cm³/mol. The van der Waals surface area contributed by atoms with Gasteiger partial charge in [-0.05, 0) is 61.4 Å². The monoisotopic (exact) mass is 386 g/mol. The first-order valence-corrected chi connectivity index (χ1v) is 9.73. The molecule has 1 saturated heterocycles. The third kappa shape index (κ3) is 5.88. The van der Waals surface area contributed by atoms with Gasteiger partial charge in [-0.15, -0.1) is 0 Å². The highest BCUT2D eigenvalue weighted by molar-refractivity contribution is 6.30. The predicted octanol–water partition coefficient (Wildman–Crippen LogP) is 3.90. The van der Waals surface area contributed by atoms with Crippen LogP contribution in [0.3, 0.4) is 0 Å². The molecule has 6 heteroatoms. The summed E-state index contributed by atoms with van der Waals surface area (Å²) < 4.78 is 0. The van der Waals surface area contributed by atoms with Crippen LogP contribution in [0, 0.1) is 13.8 Å². The number of aryl methyl sites for hydroxylation is 2. The molecule has 2 aromatic rings. The molecule has 0 aliphatic carbocycles. The van der Waals surface area contributed by atoms with Crippen molar-refractivity contribution in [2.24, 2.45) is 0 Å². The Morgan fingerprint density at radius 1 is 1.00 bits per heavy atom. The molecule has 1 fully saturated rings. The Morgan fingerprint density at radius 2 is 1.63 bits per heavy atom. The van der Waals surface area contributed by atoms with Crippen LogP contribution in [0.1, 0.15) is 11.1 Å². The summed E-state index contributed by atoms with van der Waals surface area (Å²) in [5, 5.41) is 6.62. The van der Waals surface area contributed by atoms with Gasteiger partial charge in [0.15, 0.2) is 0 Å². The van der Waals surface area contributed by atoms with E-state index in [-0.39, 0.29) is 6.03 Å². The standard InChI is InChI=1S/C21H27ClN4O/c1-16-13-17(2)15-19(14-16)24-21(27)23-7-8-25-9-11-26(12-10-25)20-5-3-18(22)4-6-20/h3-6,13-15H,7-12H2,1-2H3,(H2,23,24,27). The molecule has 2 N–H and O–H groups in total. The summed E-state index contributed by atoms with van der Waals surface area (Å²) in [7, 11) is 0. The molecule has 27 heavy (non-hydrogen) atoms. The van der Waals surface area contributed by atoms with Gasteiger partial charge in [-0.2, -0.15) is 0 Å². The van der Waals surface area contributed by atoms with Crippen LogP contribution in [0.2, 0.25) is 5.02 Å². The maximum atomic E-state index is 12.1. The summed E-state index contributed by atoms with van der Waals surface area (Å²) in [6.07, 6.45) is 0. The van der Waals surface area contributed by atoms with E-state index in [4.69, 9.17) is 11.6 Å². The van der Waals surface area contributed by atoms with Gasteiger partial charge in [0, 0.05) is 55.7 Å². The fourth-order valence-corrected chi connectivity index (χ4v) is 3.56. The minimum Gasteiger partial charge on any atom is -0.369 e. The van der Waals surface area contributed by atoms with Crippen LogP contribution < -0.4 is 15.5 Å². The Morgan fingerprint density at radius 3 is 2.26 bits per heavy atom. The maximum absolute atomic E-state index is 12.1. The van der Waals surface area contributed by atoms with Crippen molar-refractivity contribution in [1.82, 2.24) is 10.2 Å². The van der Waals surface area contributed by atoms with Crippen LogP contribution >= 0.6 is 11.6 Å². The van der Waals surface area contributed by atoms with Crippen LogP contribution in [-0.4, -0.2) is 50.2 Å². The quantitative estimate of drug-likeness (QED) is 0.819. The first kappa shape index (κ1) is 19.5. The summed E-state index contributed by atoms with van der Waals surface area (Å²) >= 11 is 5.96. The van der Waals surface area contributed by atoms with E-state index in [1.165, 1.54) is 5.69 Å². The summed E-state index contributed by atoms with van der Waals surface area (Å²) in [5.74, 6) is 0. The molecule has 0 unspecified atom stereocenters. The van der Waals surface area contributed by atoms with E-state index in [0.29, 0.717) is 6.54 Å². The zero-order valence-corrected chi connectivity index (χ0v) is 16.7. The molecule has 1 aliphatic heterocycles. The first-order chi connectivity index (χ1) is 13.0. The highest BCUT2D eigenvalue weighted by Gasteiger charge is 2.17. The molecule has 1 aliphatic rings. The molecule has 0 atom stereocenters. The number of benzene rings is 2. The second-order valence-corrected chi connectivity index (χ2v) is 7.50. The smallest absolute Gasteiger partial charge is 0.319 e. The molecular weight excluding hydrogens is 360 g/mol. The van der Waals surface area contributed by atoms with Crippen LogP contribution in [0.5, 0.6) is 0 Å². The molecule has 0 bridgehead atoms. The molecule has 0 saturated carbocycles. The van der Waals surface area contributed by atoms with E-state index < -0.39 is 0 Å². The summed E-state index contributed by atoms with van der Waals surface area (Å²) in [6, 6.07) is 13.9. The van der Waals surface area contributed by atoms with E-state index >= 15 is 0 Å². The Balaban J connectivity index is 1.37. The number of anilines is 2. The molecule has 144 valence electrons. The fourth-order valence-electron chi connectivity index (χ4n) is 3.43. The Bertz CT molecular complexity index is 750. The number of urea groups is 1. The number of nitrogens with zero attached hydrogens (tertiary/aromatic N) is 2. The largest absolute Gasteiger partial charge is 0.369 e. The van der Waals surface area contributed by atoms with Gasteiger partial charge in [-0.25, -0.2) is 4.79 Å². The molecule has 2 amide bonds. The van der Waals surface area contributed by atoms with Gasteiger partial charge in [0.05, 0.1) is 0 Å². The molecule has 0 radical (unpaired) electrons. The van der Waals surface area contributed by atoms with Crippen LogP contribution in [-0.2, 0) is 0 Å². The van der Waals surface area contributed by atoms with Crippen molar-refractivity contribution >= 4 is 29.0 Å². The van der Waals surface area contributed by atoms with E-state index in [0.717, 1.165) is 54.6 Å². The number of carbonyl (C=O) groups is 1. The average Bonchev–Trinajstić information content (AvgIpc) is 2.62. The number of carbonyl (C=O) groups excluding carboxylic acids is 1. The second kappa shape index (κ2) is 9.11. The number of nitrogens with one attached hydrogen (secondary N) is 2. The second-order valence-electron chi connectivity index (χ2n) is 7.06. The normalized spacial score (nSPS) is 14.9. The third-order valence-corrected chi connectivity index (χ3v) is 5.01. The topological polar surface area (TPSA) is 47.6 Å². The van der Waals surface area contributed by atoms with E-state index in [1.807, 2.05) is 38.1 Å². The van der Waals surface area contributed by atoms with Gasteiger partial charge in [0.2, 0.25) is 0 Å². The van der Waals surface area contributed by atoms with Crippen molar-refractivity contribution in [2.75, 3.05) is 49.5 Å². The lowest BCUT2D eigenvalue weighted by Crippen LogP contribution is -2.48. The van der Waals surface area contributed by atoms with Gasteiger partial charge in [0.1, 0.15) is 0 Å². The van der Waals surface area contributed by atoms with Crippen LogP contribution in [0.25, 0.3) is 0 Å². The highest BCUT2D eigenvalue weighted by atomic mass is 35.5. The highest BCUT2D eigenvalue weighted by Crippen LogP contribution is 2.19. The van der Waals surface area contributed by atoms with E-state index in [2.05, 4.69) is 38.6 Å². The molecular formula is C21H27ClN4O. The van der Waals surface area contributed by atoms with Gasteiger partial charge < -0.3 is 15.5 Å². The van der Waals surface area contributed by atoms with Crippen molar-refractivity contribution in [1.29, 1.82) is 0 Å². The van der Waals surface area contributed by atoms with Crippen molar-refractivity contribution in [3.8, 4) is 0 Å². The van der Waals surface area contributed by atoms with E-state index in [1.54, 1.807) is 0 Å². The van der Waals surface area contributed by atoms with Crippen LogP contribution in [0.4, 0.5) is 16.2 Å². The number of rotatable bonds is 5. The first-order valence-electron chi connectivity index (χ1n) is 9.35. The van der Waals surface area contributed by atoms with Gasteiger partial charge in [-0.3, -0.25) is 4.90 Å². The Hall–Kier alpha value is -2.24. The lowest BCUT2D eigenvalue weighted by atomic mass is 10.1. The van der Waals surface area contributed by atoms with Gasteiger partial charge >= 0.3 is 6.03 Å². The molecule has 2 aromatic carbocycles. The summed E-state index contributed by atoms with van der Waals surface area (Å²) in [4.78, 5) is 16.8. The Kier molecular flexibility index (Phi) is 6.58. The van der Waals surface area contributed by atoms with E-state index in [9.17, 15) is 4.79 Å². The lowest BCUT2D eigenvalue weighted by molar-refractivity contribution is 0.240. The van der Waals surface area contributed by atoms with Crippen LogP contribution in [0.15, 0.2) is 42.5 Å². The zero-order valence-electron chi connectivity index (χ0n) is 16.0. The molecule has 0 spiro atoms. The molecule has 1 heterocycles. The van der Waals surface area contributed by atoms with Gasteiger partial charge in [-0.1, -0.05) is 17.7 Å². The third-order valence-electron chi connectivity index (χ3n) is 4.76. The zero-order chi connectivity index (χ0) is 19.2. The minimum absolute atomic E-state index is 0.153. The van der Waals surface area contributed by atoms with Crippen molar-refractivity contribution in [3.63, 3.8) is 0 Å². The SMILES string of the molecule is Cc1cc(C)cc(NC(=O)NCCN2CCN(c3ccc(Cl)cc3)CC2)c1. The summed E-state index contributed by atoms with van der Waals surface area (Å²) in [6.45, 7) is 9.49. The summed E-state index contributed by atoms with van der Waals surface area (Å²) in [5.41, 5.74) is 4.33. The maximum Gasteiger partial charge on any atom is 0.319 e. The number of hydrogen-bond donors (Lipinski definition) is 2. The van der Waals surface area contributed by atoms with Crippen molar-refractivity contribution < 1.29 is 4.79 Å². The number of halogens is 1. The minimum atomic E-state index is -0.153. The van der Waals surface area contributed by atoms with Crippen molar-refractivity contribution in [2.45, 2.75) is 13.8 Å².